The van der Waals surface area contributed by atoms with Crippen molar-refractivity contribution in [3.63, 3.8) is 0 Å². The maximum atomic E-state index is 11.3. The molecule has 0 atom stereocenters. The van der Waals surface area contributed by atoms with Gasteiger partial charge >= 0.3 is 45.1 Å². The first-order valence-electron chi connectivity index (χ1n) is 5.50. The van der Waals surface area contributed by atoms with Gasteiger partial charge in [-0.3, -0.25) is 19.2 Å². The van der Waals surface area contributed by atoms with Gasteiger partial charge in [-0.05, 0) is 0 Å². The van der Waals surface area contributed by atoms with Crippen LogP contribution in [0.3, 0.4) is 0 Å². The molecular formula is C10H4F12O4Pd+2. The Labute approximate surface area is 153 Å². The van der Waals surface area contributed by atoms with E-state index >= 15 is 0 Å². The minimum atomic E-state index is -5.40. The zero-order valence-electron chi connectivity index (χ0n) is 11.9. The second-order valence-electron chi connectivity index (χ2n) is 4.04. The van der Waals surface area contributed by atoms with Gasteiger partial charge in [0.05, 0.1) is 12.8 Å². The van der Waals surface area contributed by atoms with E-state index in [0.29, 0.717) is 0 Å². The number of ketones is 4. The van der Waals surface area contributed by atoms with E-state index in [1.807, 2.05) is 0 Å². The summed E-state index contributed by atoms with van der Waals surface area (Å²) in [6.07, 6.45) is -26.0. The summed E-state index contributed by atoms with van der Waals surface area (Å²) in [6.45, 7) is 0. The third kappa shape index (κ3) is 13.3. The van der Waals surface area contributed by atoms with Crippen molar-refractivity contribution >= 4 is 23.1 Å². The van der Waals surface area contributed by atoms with Gasteiger partial charge in [0.1, 0.15) is 0 Å². The third-order valence-electron chi connectivity index (χ3n) is 1.91. The van der Waals surface area contributed by atoms with E-state index in [-0.39, 0.29) is 20.4 Å². The maximum Gasteiger partial charge on any atom is 2.00 e. The molecule has 0 aromatic heterocycles. The number of hydrogen-bond acceptors (Lipinski definition) is 4. The van der Waals surface area contributed by atoms with Gasteiger partial charge in [-0.15, -0.1) is 0 Å². The molecule has 0 aliphatic rings. The van der Waals surface area contributed by atoms with E-state index in [9.17, 15) is 71.9 Å². The predicted octanol–water partition coefficient (Wildman–Crippen LogP) is 3.28. The molecular weight excluding hydrogens is 519 g/mol. The first-order chi connectivity index (χ1) is 11.1. The van der Waals surface area contributed by atoms with E-state index in [1.165, 1.54) is 0 Å². The molecule has 0 saturated heterocycles. The molecule has 17 heteroatoms. The van der Waals surface area contributed by atoms with E-state index in [2.05, 4.69) is 0 Å². The Morgan fingerprint density at radius 2 is 0.519 bits per heavy atom. The molecule has 0 bridgehead atoms. The second-order valence-corrected chi connectivity index (χ2v) is 4.04. The number of carbonyl (C=O) groups excluding carboxylic acids is 4. The Morgan fingerprint density at radius 1 is 0.407 bits per heavy atom. The molecule has 0 rings (SSSR count). The normalized spacial score (nSPS) is 12.3. The van der Waals surface area contributed by atoms with Crippen LogP contribution in [0.25, 0.3) is 0 Å². The average Bonchev–Trinajstić information content (AvgIpc) is 2.34. The number of alkyl halides is 12. The van der Waals surface area contributed by atoms with Crippen molar-refractivity contribution in [3.8, 4) is 0 Å². The van der Waals surface area contributed by atoms with Gasteiger partial charge in [0.15, 0.2) is 0 Å². The fourth-order valence-electron chi connectivity index (χ4n) is 0.693. The predicted molar refractivity (Wildman–Crippen MR) is 53.5 cm³/mol. The standard InChI is InChI=1S/2C5H2F6O2.Pd/c2*6-4(7,8)2(12)1-3(13)5(9,10)11;/h2*1H2;/q;;+2. The van der Waals surface area contributed by atoms with Crippen LogP contribution in [0.1, 0.15) is 12.8 Å². The zero-order chi connectivity index (χ0) is 21.7. The topological polar surface area (TPSA) is 68.3 Å². The molecule has 0 spiro atoms. The second kappa shape index (κ2) is 10.2. The molecule has 0 radical (unpaired) electrons. The molecule has 0 saturated carbocycles. The van der Waals surface area contributed by atoms with E-state index in [1.54, 1.807) is 0 Å². The molecule has 27 heavy (non-hydrogen) atoms. The summed E-state index contributed by atoms with van der Waals surface area (Å²) in [5.74, 6) is -10.8. The number of Topliss-reactive ketones (excluding diaryl/α,β-unsaturated/α-hetero) is 4. The van der Waals surface area contributed by atoms with Crippen LogP contribution in [0.4, 0.5) is 52.7 Å². The zero-order valence-corrected chi connectivity index (χ0v) is 13.5. The summed E-state index contributed by atoms with van der Waals surface area (Å²) in [5.41, 5.74) is 0. The third-order valence-corrected chi connectivity index (χ3v) is 1.91. The van der Waals surface area contributed by atoms with Crippen molar-refractivity contribution in [2.45, 2.75) is 37.5 Å². The molecule has 0 aromatic carbocycles. The van der Waals surface area contributed by atoms with Crippen molar-refractivity contribution in [1.82, 2.24) is 0 Å². The van der Waals surface area contributed by atoms with Crippen LogP contribution in [0.5, 0.6) is 0 Å². The summed E-state index contributed by atoms with van der Waals surface area (Å²) < 4.78 is 136. The van der Waals surface area contributed by atoms with Gasteiger partial charge in [-0.2, -0.15) is 52.7 Å². The summed E-state index contributed by atoms with van der Waals surface area (Å²) in [6, 6.07) is 0. The van der Waals surface area contributed by atoms with Gasteiger partial charge in [0, 0.05) is 0 Å². The summed E-state index contributed by atoms with van der Waals surface area (Å²) in [4.78, 5) is 39.5. The van der Waals surface area contributed by atoms with Crippen LogP contribution in [0, 0.1) is 0 Å². The molecule has 0 N–H and O–H groups in total. The Kier molecular flexibility index (Phi) is 11.4. The Hall–Kier alpha value is -1.50. The molecule has 160 valence electrons. The molecule has 0 unspecified atom stereocenters. The van der Waals surface area contributed by atoms with Crippen molar-refractivity contribution < 1.29 is 92.3 Å². The fraction of sp³-hybridized carbons (Fsp3) is 0.600. The molecule has 0 amide bonds. The summed E-state index contributed by atoms with van der Waals surface area (Å²) in [5, 5.41) is 0. The Balaban J connectivity index is -0.000000411. The Bertz CT molecular complexity index is 456. The van der Waals surface area contributed by atoms with E-state index < -0.39 is 60.7 Å². The minimum absolute atomic E-state index is 0. The summed E-state index contributed by atoms with van der Waals surface area (Å²) >= 11 is 0. The smallest absolute Gasteiger partial charge is 0.289 e. The van der Waals surface area contributed by atoms with Gasteiger partial charge in [0.2, 0.25) is 23.1 Å². The molecule has 0 heterocycles. The Morgan fingerprint density at radius 3 is 0.593 bits per heavy atom. The van der Waals surface area contributed by atoms with Crippen LogP contribution < -0.4 is 0 Å². The number of halogens is 12. The van der Waals surface area contributed by atoms with Crippen LogP contribution in [0.2, 0.25) is 0 Å². The number of carbonyl (C=O) groups is 4. The largest absolute Gasteiger partial charge is 2.00 e. The van der Waals surface area contributed by atoms with Gasteiger partial charge in [-0.25, -0.2) is 0 Å². The first-order valence-corrected chi connectivity index (χ1v) is 5.50. The van der Waals surface area contributed by atoms with Crippen molar-refractivity contribution in [2.75, 3.05) is 0 Å². The molecule has 4 nitrogen and oxygen atoms in total. The molecule has 0 aliphatic carbocycles. The van der Waals surface area contributed by atoms with Gasteiger partial charge < -0.3 is 0 Å². The van der Waals surface area contributed by atoms with E-state index in [4.69, 9.17) is 0 Å². The molecule has 0 aliphatic heterocycles. The van der Waals surface area contributed by atoms with Crippen molar-refractivity contribution in [1.29, 1.82) is 0 Å². The van der Waals surface area contributed by atoms with Gasteiger partial charge in [-0.1, -0.05) is 0 Å². The maximum absolute atomic E-state index is 11.3. The quantitative estimate of drug-likeness (QED) is 0.323. The molecule has 0 fully saturated rings. The number of rotatable bonds is 4. The minimum Gasteiger partial charge on any atom is -0.289 e. The first kappa shape index (κ1) is 30.2. The van der Waals surface area contributed by atoms with Crippen molar-refractivity contribution in [2.24, 2.45) is 0 Å². The fourth-order valence-corrected chi connectivity index (χ4v) is 0.693. The van der Waals surface area contributed by atoms with Crippen molar-refractivity contribution in [3.05, 3.63) is 0 Å². The average molecular weight is 523 g/mol. The summed E-state index contributed by atoms with van der Waals surface area (Å²) in [7, 11) is 0. The van der Waals surface area contributed by atoms with E-state index in [0.717, 1.165) is 0 Å². The molecule has 0 aromatic rings. The SMILES string of the molecule is O=C(CC(=O)C(F)(F)F)C(F)(F)F.O=C(CC(=O)C(F)(F)F)C(F)(F)F.[Pd+2]. The van der Waals surface area contributed by atoms with Gasteiger partial charge in [0.25, 0.3) is 0 Å². The monoisotopic (exact) mass is 522 g/mol. The number of hydrogen-bond donors (Lipinski definition) is 0. The van der Waals surface area contributed by atoms with Crippen LogP contribution >= 0.6 is 0 Å². The van der Waals surface area contributed by atoms with Crippen LogP contribution in [-0.2, 0) is 39.6 Å². The van der Waals surface area contributed by atoms with Crippen LogP contribution in [0.15, 0.2) is 0 Å². The van der Waals surface area contributed by atoms with Crippen LogP contribution in [-0.4, -0.2) is 47.8 Å².